The zero-order valence-electron chi connectivity index (χ0n) is 16.0. The van der Waals surface area contributed by atoms with E-state index in [4.69, 9.17) is 5.73 Å². The van der Waals surface area contributed by atoms with E-state index >= 15 is 0 Å². The van der Waals surface area contributed by atoms with Gasteiger partial charge >= 0.3 is 0 Å². The molecule has 148 valence electrons. The number of nitrogens with zero attached hydrogens (tertiary/aromatic N) is 3. The van der Waals surface area contributed by atoms with Gasteiger partial charge < -0.3 is 11.1 Å². The highest BCUT2D eigenvalue weighted by atomic mass is 16.2. The Kier molecular flexibility index (Phi) is 7.18. The van der Waals surface area contributed by atoms with Crippen LogP contribution in [0.15, 0.2) is 24.5 Å². The number of piperidine rings is 2. The second-order valence-corrected chi connectivity index (χ2v) is 7.71. The van der Waals surface area contributed by atoms with Crippen LogP contribution < -0.4 is 11.1 Å². The number of hydrogen-bond acceptors (Lipinski definition) is 5. The molecule has 27 heavy (non-hydrogen) atoms. The minimum atomic E-state index is -0.376. The van der Waals surface area contributed by atoms with Gasteiger partial charge in [0.1, 0.15) is 0 Å². The molecular weight excluding hydrogens is 342 g/mol. The summed E-state index contributed by atoms with van der Waals surface area (Å²) in [5.41, 5.74) is 6.40. The first-order valence-electron chi connectivity index (χ1n) is 10.0. The van der Waals surface area contributed by atoms with E-state index in [1.807, 2.05) is 18.5 Å². The van der Waals surface area contributed by atoms with Crippen molar-refractivity contribution in [3.05, 3.63) is 30.1 Å². The van der Waals surface area contributed by atoms with Crippen molar-refractivity contribution in [1.29, 1.82) is 0 Å². The Balaban J connectivity index is 1.42. The number of primary amides is 1. The molecule has 7 heteroatoms. The fourth-order valence-corrected chi connectivity index (χ4v) is 4.20. The van der Waals surface area contributed by atoms with Crippen molar-refractivity contribution >= 4 is 11.8 Å². The molecule has 2 amide bonds. The molecule has 1 aromatic heterocycles. The van der Waals surface area contributed by atoms with Crippen molar-refractivity contribution in [3.8, 4) is 0 Å². The Labute approximate surface area is 161 Å². The summed E-state index contributed by atoms with van der Waals surface area (Å²) in [5.74, 6) is -0.284. The summed E-state index contributed by atoms with van der Waals surface area (Å²) in [7, 11) is 0. The molecule has 7 nitrogen and oxygen atoms in total. The van der Waals surface area contributed by atoms with Crippen molar-refractivity contribution in [1.82, 2.24) is 20.1 Å². The fourth-order valence-electron chi connectivity index (χ4n) is 4.20. The molecule has 0 saturated carbocycles. The highest BCUT2D eigenvalue weighted by molar-refractivity contribution is 5.80. The van der Waals surface area contributed by atoms with Gasteiger partial charge in [-0.05, 0) is 56.9 Å². The molecule has 0 radical (unpaired) electrons. The Morgan fingerprint density at radius 3 is 2.74 bits per heavy atom. The third kappa shape index (κ3) is 6.01. The van der Waals surface area contributed by atoms with Crippen LogP contribution in [0.1, 0.15) is 37.7 Å². The van der Waals surface area contributed by atoms with Gasteiger partial charge in [0.15, 0.2) is 0 Å². The lowest BCUT2D eigenvalue weighted by Gasteiger charge is -2.42. The van der Waals surface area contributed by atoms with Crippen LogP contribution in [0.3, 0.4) is 0 Å². The number of pyridine rings is 1. The molecular formula is C20H31N5O2. The van der Waals surface area contributed by atoms with Crippen LogP contribution in [-0.4, -0.2) is 65.4 Å². The zero-order chi connectivity index (χ0) is 19.1. The minimum absolute atomic E-state index is 0.0278. The van der Waals surface area contributed by atoms with Crippen LogP contribution in [0.2, 0.25) is 0 Å². The maximum Gasteiger partial charge on any atom is 0.224 e. The zero-order valence-corrected chi connectivity index (χ0v) is 16.0. The van der Waals surface area contributed by atoms with Crippen molar-refractivity contribution in [3.63, 3.8) is 0 Å². The molecule has 2 saturated heterocycles. The van der Waals surface area contributed by atoms with E-state index < -0.39 is 0 Å². The molecule has 2 aliphatic rings. The topological polar surface area (TPSA) is 91.6 Å². The van der Waals surface area contributed by atoms with Gasteiger partial charge in [-0.3, -0.25) is 24.4 Å². The van der Waals surface area contributed by atoms with E-state index in [1.54, 1.807) is 0 Å². The summed E-state index contributed by atoms with van der Waals surface area (Å²) in [5, 5.41) is 2.86. The molecule has 3 heterocycles. The lowest BCUT2D eigenvalue weighted by Crippen LogP contribution is -2.50. The molecule has 0 aliphatic carbocycles. The van der Waals surface area contributed by atoms with Crippen LogP contribution in [0.25, 0.3) is 0 Å². The van der Waals surface area contributed by atoms with Gasteiger partial charge in [-0.25, -0.2) is 0 Å². The molecule has 1 aromatic rings. The summed E-state index contributed by atoms with van der Waals surface area (Å²) in [6.45, 7) is 5.40. The number of rotatable bonds is 7. The first-order valence-corrected chi connectivity index (χ1v) is 10.0. The Morgan fingerprint density at radius 2 is 2.04 bits per heavy atom. The number of nitrogens with one attached hydrogen (secondary N) is 1. The average molecular weight is 374 g/mol. The molecule has 0 bridgehead atoms. The third-order valence-electron chi connectivity index (χ3n) is 5.70. The Bertz CT molecular complexity index is 616. The van der Waals surface area contributed by atoms with Crippen LogP contribution >= 0.6 is 0 Å². The summed E-state index contributed by atoms with van der Waals surface area (Å²) in [6, 6.07) is 4.69. The van der Waals surface area contributed by atoms with E-state index in [1.165, 1.54) is 5.56 Å². The first kappa shape index (κ1) is 19.8. The normalized spacial score (nSPS) is 22.4. The van der Waals surface area contributed by atoms with E-state index in [0.29, 0.717) is 12.6 Å². The van der Waals surface area contributed by atoms with E-state index in [0.717, 1.165) is 58.4 Å². The fraction of sp³-hybridized carbons (Fsp3) is 0.650. The number of carbonyl (C=O) groups excluding carboxylic acids is 2. The minimum Gasteiger partial charge on any atom is -0.370 e. The molecule has 3 rings (SSSR count). The van der Waals surface area contributed by atoms with Gasteiger partial charge in [0.2, 0.25) is 11.8 Å². The van der Waals surface area contributed by atoms with E-state index in [2.05, 4.69) is 26.2 Å². The molecule has 0 spiro atoms. The molecule has 0 unspecified atom stereocenters. The lowest BCUT2D eigenvalue weighted by molar-refractivity contribution is -0.127. The van der Waals surface area contributed by atoms with Gasteiger partial charge in [-0.1, -0.05) is 6.07 Å². The average Bonchev–Trinajstić information content (AvgIpc) is 2.69. The van der Waals surface area contributed by atoms with Crippen LogP contribution in [0.4, 0.5) is 0 Å². The van der Waals surface area contributed by atoms with Gasteiger partial charge in [0.05, 0.1) is 5.92 Å². The maximum absolute atomic E-state index is 12.4. The second kappa shape index (κ2) is 9.80. The molecule has 1 atom stereocenters. The smallest absolute Gasteiger partial charge is 0.224 e. The second-order valence-electron chi connectivity index (χ2n) is 7.71. The first-order chi connectivity index (χ1) is 13.1. The van der Waals surface area contributed by atoms with Crippen LogP contribution in [0.5, 0.6) is 0 Å². The molecule has 2 fully saturated rings. The Morgan fingerprint density at radius 1 is 1.22 bits per heavy atom. The highest BCUT2D eigenvalue weighted by Gasteiger charge is 2.31. The largest absolute Gasteiger partial charge is 0.370 e. The number of hydrogen-bond donors (Lipinski definition) is 2. The molecule has 2 aliphatic heterocycles. The SMILES string of the molecule is NC(=O)CCNC(=O)[C@H]1CCCN(C2CCN(Cc3cccnc3)CC2)C1. The monoisotopic (exact) mass is 373 g/mol. The number of amides is 2. The predicted molar refractivity (Wildman–Crippen MR) is 104 cm³/mol. The van der Waals surface area contributed by atoms with Crippen molar-refractivity contribution in [2.75, 3.05) is 32.7 Å². The van der Waals surface area contributed by atoms with Crippen LogP contribution in [-0.2, 0) is 16.1 Å². The summed E-state index contributed by atoms with van der Waals surface area (Å²) >= 11 is 0. The van der Waals surface area contributed by atoms with Gasteiger partial charge in [-0.15, -0.1) is 0 Å². The summed E-state index contributed by atoms with van der Waals surface area (Å²) in [4.78, 5) is 32.4. The number of likely N-dealkylation sites (tertiary alicyclic amines) is 2. The number of nitrogens with two attached hydrogens (primary N) is 1. The van der Waals surface area contributed by atoms with E-state index in [9.17, 15) is 9.59 Å². The summed E-state index contributed by atoms with van der Waals surface area (Å²) in [6.07, 6.45) is 8.25. The Hall–Kier alpha value is -1.99. The maximum atomic E-state index is 12.4. The van der Waals surface area contributed by atoms with Crippen molar-refractivity contribution < 1.29 is 9.59 Å². The highest BCUT2D eigenvalue weighted by Crippen LogP contribution is 2.24. The summed E-state index contributed by atoms with van der Waals surface area (Å²) < 4.78 is 0. The van der Waals surface area contributed by atoms with E-state index in [-0.39, 0.29) is 24.2 Å². The molecule has 3 N–H and O–H groups in total. The quantitative estimate of drug-likeness (QED) is 0.736. The standard InChI is InChI=1S/C20H31N5O2/c21-19(26)5-9-23-20(27)17-4-2-10-25(15-17)18-6-11-24(12-7-18)14-16-3-1-8-22-13-16/h1,3,8,13,17-18H,2,4-7,9-12,14-15H2,(H2,21,26)(H,23,27)/t17-/m0/s1. The van der Waals surface area contributed by atoms with Crippen LogP contribution in [0, 0.1) is 5.92 Å². The third-order valence-corrected chi connectivity index (χ3v) is 5.70. The predicted octanol–water partition coefficient (Wildman–Crippen LogP) is 0.750. The number of carbonyl (C=O) groups is 2. The van der Waals surface area contributed by atoms with Gasteiger partial charge in [-0.2, -0.15) is 0 Å². The van der Waals surface area contributed by atoms with Crippen molar-refractivity contribution in [2.45, 2.75) is 44.7 Å². The van der Waals surface area contributed by atoms with Gasteiger partial charge in [0, 0.05) is 44.5 Å². The number of aromatic nitrogens is 1. The molecule has 0 aromatic carbocycles. The van der Waals surface area contributed by atoms with Gasteiger partial charge in [0.25, 0.3) is 0 Å². The lowest BCUT2D eigenvalue weighted by atomic mass is 9.93. The van der Waals surface area contributed by atoms with Crippen molar-refractivity contribution in [2.24, 2.45) is 11.7 Å².